The third kappa shape index (κ3) is 4.43. The fourth-order valence-corrected chi connectivity index (χ4v) is 4.95. The maximum absolute atomic E-state index is 13.0. The molecule has 0 saturated carbocycles. The number of nitrogens with zero attached hydrogens (tertiary/aromatic N) is 5. The van der Waals surface area contributed by atoms with Gasteiger partial charge in [-0.25, -0.2) is 0 Å². The van der Waals surface area contributed by atoms with Gasteiger partial charge in [-0.05, 0) is 43.2 Å². The van der Waals surface area contributed by atoms with Crippen LogP contribution in [0, 0.1) is 0 Å². The van der Waals surface area contributed by atoms with Crippen LogP contribution in [0.5, 0.6) is 5.75 Å². The molecule has 168 valence electrons. The van der Waals surface area contributed by atoms with Crippen LogP contribution in [0.2, 0.25) is 0 Å². The lowest BCUT2D eigenvalue weighted by atomic mass is 10.0. The number of piperidine rings is 1. The zero-order valence-corrected chi connectivity index (χ0v) is 18.7. The van der Waals surface area contributed by atoms with Gasteiger partial charge in [0.2, 0.25) is 5.91 Å². The maximum Gasteiger partial charge on any atom is 0.244 e. The Hall–Kier alpha value is -3.06. The summed E-state index contributed by atoms with van der Waals surface area (Å²) in [6.45, 7) is 6.07. The Balaban J connectivity index is 1.15. The molecule has 1 aromatic heterocycles. The molecule has 0 bridgehead atoms. The first-order valence-electron chi connectivity index (χ1n) is 11.5. The number of amides is 1. The van der Waals surface area contributed by atoms with Crippen molar-refractivity contribution in [3.8, 4) is 5.75 Å². The molecule has 0 spiro atoms. The Kier molecular flexibility index (Phi) is 5.99. The van der Waals surface area contributed by atoms with Gasteiger partial charge in [-0.1, -0.05) is 18.2 Å². The van der Waals surface area contributed by atoms with Gasteiger partial charge in [0.1, 0.15) is 12.3 Å². The van der Waals surface area contributed by atoms with Gasteiger partial charge in [-0.2, -0.15) is 5.10 Å². The lowest BCUT2D eigenvalue weighted by Crippen LogP contribution is -2.56. The fourth-order valence-electron chi connectivity index (χ4n) is 4.95. The van der Waals surface area contributed by atoms with Crippen molar-refractivity contribution >= 4 is 22.5 Å². The van der Waals surface area contributed by atoms with E-state index in [1.807, 2.05) is 47.5 Å². The van der Waals surface area contributed by atoms with E-state index in [1.54, 1.807) is 11.8 Å². The molecule has 2 aromatic carbocycles. The molecule has 2 fully saturated rings. The van der Waals surface area contributed by atoms with E-state index in [0.717, 1.165) is 68.8 Å². The van der Waals surface area contributed by atoms with E-state index in [1.165, 1.54) is 5.69 Å². The Labute approximate surface area is 189 Å². The maximum atomic E-state index is 13.0. The molecule has 3 aromatic rings. The average molecular weight is 434 g/mol. The van der Waals surface area contributed by atoms with Crippen molar-refractivity contribution < 1.29 is 9.53 Å². The lowest BCUT2D eigenvalue weighted by molar-refractivity contribution is -0.134. The molecule has 1 amide bonds. The first-order valence-corrected chi connectivity index (χ1v) is 11.5. The highest BCUT2D eigenvalue weighted by molar-refractivity contribution is 5.80. The Bertz CT molecular complexity index is 1020. The van der Waals surface area contributed by atoms with Gasteiger partial charge in [-0.3, -0.25) is 14.4 Å². The number of likely N-dealkylation sites (tertiary alicyclic amines) is 1. The largest absolute Gasteiger partial charge is 0.497 e. The van der Waals surface area contributed by atoms with Crippen molar-refractivity contribution in [2.24, 2.45) is 0 Å². The van der Waals surface area contributed by atoms with Gasteiger partial charge < -0.3 is 14.5 Å². The number of carbonyl (C=O) groups is 1. The highest BCUT2D eigenvalue weighted by Crippen LogP contribution is 2.23. The van der Waals surface area contributed by atoms with Gasteiger partial charge in [0.05, 0.1) is 12.6 Å². The van der Waals surface area contributed by atoms with Crippen LogP contribution in [-0.4, -0.2) is 77.9 Å². The predicted molar refractivity (Wildman–Crippen MR) is 126 cm³/mol. The summed E-state index contributed by atoms with van der Waals surface area (Å²) < 4.78 is 7.05. The first kappa shape index (κ1) is 20.8. The van der Waals surface area contributed by atoms with Crippen molar-refractivity contribution in [3.63, 3.8) is 0 Å². The molecule has 7 nitrogen and oxygen atoms in total. The Morgan fingerprint density at radius 2 is 1.81 bits per heavy atom. The second-order valence-electron chi connectivity index (χ2n) is 8.74. The summed E-state index contributed by atoms with van der Waals surface area (Å²) >= 11 is 0. The van der Waals surface area contributed by atoms with Crippen molar-refractivity contribution in [1.29, 1.82) is 0 Å². The number of hydrogen-bond acceptors (Lipinski definition) is 5. The van der Waals surface area contributed by atoms with Crippen molar-refractivity contribution in [1.82, 2.24) is 19.6 Å². The second-order valence-corrected chi connectivity index (χ2v) is 8.74. The molecule has 32 heavy (non-hydrogen) atoms. The fraction of sp³-hybridized carbons (Fsp3) is 0.440. The topological polar surface area (TPSA) is 53.8 Å². The number of benzene rings is 2. The summed E-state index contributed by atoms with van der Waals surface area (Å²) in [7, 11) is 1.70. The van der Waals surface area contributed by atoms with Gasteiger partial charge in [0.25, 0.3) is 0 Å². The van der Waals surface area contributed by atoms with E-state index in [0.29, 0.717) is 12.6 Å². The number of aromatic nitrogens is 2. The van der Waals surface area contributed by atoms with Gasteiger partial charge >= 0.3 is 0 Å². The second kappa shape index (κ2) is 9.20. The third-order valence-corrected chi connectivity index (χ3v) is 6.78. The average Bonchev–Trinajstić information content (AvgIpc) is 3.26. The van der Waals surface area contributed by atoms with Crippen LogP contribution in [0.3, 0.4) is 0 Å². The molecule has 0 aliphatic carbocycles. The van der Waals surface area contributed by atoms with Gasteiger partial charge in [0.15, 0.2) is 0 Å². The van der Waals surface area contributed by atoms with E-state index in [-0.39, 0.29) is 5.91 Å². The van der Waals surface area contributed by atoms with Crippen molar-refractivity contribution in [2.45, 2.75) is 25.4 Å². The first-order chi connectivity index (χ1) is 15.7. The SMILES string of the molecule is COc1ccc(N2CCN([C@@H]3CCCN(C(=O)Cn4cc5ccccc5n4)C3)CC2)cc1. The number of piperazine rings is 1. The molecule has 0 radical (unpaired) electrons. The summed E-state index contributed by atoms with van der Waals surface area (Å²) in [5.74, 6) is 1.06. The number of fused-ring (bicyclic) bond motifs is 1. The summed E-state index contributed by atoms with van der Waals surface area (Å²) in [4.78, 5) is 20.0. The molecule has 7 heteroatoms. The van der Waals surface area contributed by atoms with Crippen LogP contribution in [0.4, 0.5) is 5.69 Å². The van der Waals surface area contributed by atoms with Crippen LogP contribution >= 0.6 is 0 Å². The molecule has 1 atom stereocenters. The zero-order valence-electron chi connectivity index (χ0n) is 18.7. The minimum Gasteiger partial charge on any atom is -0.497 e. The monoisotopic (exact) mass is 433 g/mol. The quantitative estimate of drug-likeness (QED) is 0.619. The number of carbonyl (C=O) groups excluding carboxylic acids is 1. The number of methoxy groups -OCH3 is 1. The molecule has 3 heterocycles. The van der Waals surface area contributed by atoms with Gasteiger partial charge in [0, 0.05) is 62.6 Å². The van der Waals surface area contributed by atoms with Gasteiger partial charge in [-0.15, -0.1) is 0 Å². The number of hydrogen-bond donors (Lipinski definition) is 0. The van der Waals surface area contributed by atoms with E-state index in [4.69, 9.17) is 4.74 Å². The Morgan fingerprint density at radius 1 is 1.03 bits per heavy atom. The minimum atomic E-state index is 0.166. The number of anilines is 1. The van der Waals surface area contributed by atoms with Crippen LogP contribution in [0.25, 0.3) is 10.9 Å². The molecular formula is C25H31N5O2. The third-order valence-electron chi connectivity index (χ3n) is 6.78. The lowest BCUT2D eigenvalue weighted by Gasteiger charge is -2.44. The van der Waals surface area contributed by atoms with Crippen LogP contribution in [0.15, 0.2) is 54.7 Å². The predicted octanol–water partition coefficient (Wildman–Crippen LogP) is 2.86. The Morgan fingerprint density at radius 3 is 2.56 bits per heavy atom. The van der Waals surface area contributed by atoms with Crippen molar-refractivity contribution in [3.05, 3.63) is 54.7 Å². The van der Waals surface area contributed by atoms with Crippen LogP contribution in [-0.2, 0) is 11.3 Å². The summed E-state index contributed by atoms with van der Waals surface area (Å²) in [5, 5.41) is 5.63. The van der Waals surface area contributed by atoms with E-state index < -0.39 is 0 Å². The minimum absolute atomic E-state index is 0.166. The molecule has 2 saturated heterocycles. The molecule has 2 aliphatic rings. The highest BCUT2D eigenvalue weighted by Gasteiger charge is 2.30. The van der Waals surface area contributed by atoms with E-state index >= 15 is 0 Å². The highest BCUT2D eigenvalue weighted by atomic mass is 16.5. The molecule has 0 unspecified atom stereocenters. The van der Waals surface area contributed by atoms with E-state index in [9.17, 15) is 4.79 Å². The molecular weight excluding hydrogens is 402 g/mol. The normalized spacial score (nSPS) is 20.0. The molecule has 5 rings (SSSR count). The zero-order chi connectivity index (χ0) is 21.9. The number of ether oxygens (including phenoxy) is 1. The summed E-state index contributed by atoms with van der Waals surface area (Å²) in [6, 6.07) is 16.8. The number of rotatable bonds is 5. The molecule has 0 N–H and O–H groups in total. The van der Waals surface area contributed by atoms with E-state index in [2.05, 4.69) is 27.0 Å². The van der Waals surface area contributed by atoms with Crippen LogP contribution in [0.1, 0.15) is 12.8 Å². The molecule has 2 aliphatic heterocycles. The van der Waals surface area contributed by atoms with Crippen molar-refractivity contribution in [2.75, 3.05) is 51.3 Å². The smallest absolute Gasteiger partial charge is 0.244 e. The van der Waals surface area contributed by atoms with Crippen LogP contribution < -0.4 is 9.64 Å². The summed E-state index contributed by atoms with van der Waals surface area (Å²) in [5.41, 5.74) is 2.18. The summed E-state index contributed by atoms with van der Waals surface area (Å²) in [6.07, 6.45) is 4.20. The standard InChI is InChI=1S/C25H31N5O2/c1-32-23-10-8-21(9-11-23)27-13-15-28(16-14-27)22-6-4-12-29(18-22)25(31)19-30-17-20-5-2-3-7-24(20)26-30/h2-3,5,7-11,17,22H,4,6,12-16,18-19H2,1H3/t22-/m1/s1.